The molecule has 0 radical (unpaired) electrons. The van der Waals surface area contributed by atoms with Crippen molar-refractivity contribution in [2.24, 2.45) is 45.8 Å². The molecule has 2 saturated heterocycles. The van der Waals surface area contributed by atoms with E-state index in [-0.39, 0.29) is 54.5 Å². The molecule has 1 N–H and O–H groups in total. The highest BCUT2D eigenvalue weighted by Gasteiger charge is 2.70. The molecule has 0 aromatic heterocycles. The quantitative estimate of drug-likeness (QED) is 0.384. The molecule has 3 unspecified atom stereocenters. The SMILES string of the molecule is COCO[C@H]1[C@H](C)C23CCC(=O)C2[C@@](C)([C@H](C)CC3)[C@H](OC(=O)NC(=O)[C@H]2CN3CC[C@@H]2C3)C[C@@]1(C)C(=O)OC. The molecule has 4 bridgehead atoms. The maximum Gasteiger partial charge on any atom is 0.414 e. The van der Waals surface area contributed by atoms with Crippen LogP contribution in [-0.4, -0.2) is 81.5 Å². The number of amides is 2. The number of imide groups is 1. The van der Waals surface area contributed by atoms with Gasteiger partial charge in [0, 0.05) is 44.4 Å². The van der Waals surface area contributed by atoms with E-state index in [1.165, 1.54) is 14.2 Å². The third-order valence-electron chi connectivity index (χ3n) is 11.9. The molecule has 224 valence electrons. The fraction of sp³-hybridized carbons (Fsp3) is 0.867. The molecule has 11 atom stereocenters. The largest absolute Gasteiger partial charge is 0.469 e. The lowest BCUT2D eigenvalue weighted by atomic mass is 9.44. The Hall–Kier alpha value is -2.04. The van der Waals surface area contributed by atoms with Crippen LogP contribution in [0.5, 0.6) is 0 Å². The van der Waals surface area contributed by atoms with E-state index in [2.05, 4.69) is 24.1 Å². The number of Topliss-reactive ketones (excluding diaryl/α,β-unsaturated/α-hetero) is 1. The Labute approximate surface area is 237 Å². The monoisotopic (exact) mass is 562 g/mol. The van der Waals surface area contributed by atoms with Gasteiger partial charge in [0.15, 0.2) is 0 Å². The molecule has 2 amide bonds. The van der Waals surface area contributed by atoms with E-state index in [1.54, 1.807) is 6.92 Å². The van der Waals surface area contributed by atoms with Gasteiger partial charge in [-0.1, -0.05) is 20.8 Å². The Kier molecular flexibility index (Phi) is 7.85. The van der Waals surface area contributed by atoms with Crippen molar-refractivity contribution in [2.75, 3.05) is 40.6 Å². The number of hydrogen-bond acceptors (Lipinski definition) is 9. The maximum atomic E-state index is 13.7. The van der Waals surface area contributed by atoms with Crippen molar-refractivity contribution in [3.05, 3.63) is 0 Å². The van der Waals surface area contributed by atoms with Crippen molar-refractivity contribution in [1.82, 2.24) is 10.2 Å². The number of piperidine rings is 1. The summed E-state index contributed by atoms with van der Waals surface area (Å²) in [4.78, 5) is 56.1. The second-order valence-corrected chi connectivity index (χ2v) is 13.6. The topological polar surface area (TPSA) is 120 Å². The number of nitrogens with one attached hydrogen (secondary N) is 1. The molecule has 5 rings (SSSR count). The van der Waals surface area contributed by atoms with Crippen LogP contribution < -0.4 is 5.32 Å². The highest BCUT2D eigenvalue weighted by Crippen LogP contribution is 2.68. The lowest BCUT2D eigenvalue weighted by molar-refractivity contribution is -0.227. The Morgan fingerprint density at radius 1 is 1.07 bits per heavy atom. The summed E-state index contributed by atoms with van der Waals surface area (Å²) in [5.41, 5.74) is -2.35. The van der Waals surface area contributed by atoms with Crippen LogP contribution >= 0.6 is 0 Å². The van der Waals surface area contributed by atoms with Crippen molar-refractivity contribution in [3.8, 4) is 0 Å². The Morgan fingerprint density at radius 3 is 2.45 bits per heavy atom. The first-order valence-electron chi connectivity index (χ1n) is 14.9. The third-order valence-corrected chi connectivity index (χ3v) is 11.9. The molecular weight excluding hydrogens is 516 g/mol. The fourth-order valence-electron chi connectivity index (χ4n) is 9.58. The van der Waals surface area contributed by atoms with E-state index in [9.17, 15) is 19.2 Å². The van der Waals surface area contributed by atoms with E-state index in [4.69, 9.17) is 18.9 Å². The lowest BCUT2D eigenvalue weighted by Crippen LogP contribution is -2.65. The number of hydrogen-bond donors (Lipinski definition) is 1. The molecule has 5 fully saturated rings. The number of alkyl carbamates (subject to hydrolysis) is 1. The van der Waals surface area contributed by atoms with Gasteiger partial charge in [-0.3, -0.25) is 19.7 Å². The smallest absolute Gasteiger partial charge is 0.414 e. The molecule has 2 heterocycles. The molecular formula is C30H46N2O8. The van der Waals surface area contributed by atoms with Gasteiger partial charge in [0.25, 0.3) is 0 Å². The van der Waals surface area contributed by atoms with Crippen LogP contribution in [0.4, 0.5) is 4.79 Å². The van der Waals surface area contributed by atoms with Crippen molar-refractivity contribution in [1.29, 1.82) is 0 Å². The average molecular weight is 563 g/mol. The number of nitrogens with zero attached hydrogens (tertiary/aromatic N) is 1. The first-order valence-corrected chi connectivity index (χ1v) is 14.9. The fourth-order valence-corrected chi connectivity index (χ4v) is 9.58. The minimum atomic E-state index is -1.19. The Morgan fingerprint density at radius 2 is 1.82 bits per heavy atom. The van der Waals surface area contributed by atoms with Gasteiger partial charge in [0.1, 0.15) is 18.7 Å². The zero-order chi connectivity index (χ0) is 29.0. The van der Waals surface area contributed by atoms with Gasteiger partial charge in [-0.15, -0.1) is 0 Å². The molecule has 0 aromatic carbocycles. The second-order valence-electron chi connectivity index (χ2n) is 13.6. The minimum absolute atomic E-state index is 0.0238. The number of ketones is 1. The summed E-state index contributed by atoms with van der Waals surface area (Å²) >= 11 is 0. The zero-order valence-corrected chi connectivity index (χ0v) is 24.8. The van der Waals surface area contributed by atoms with Crippen LogP contribution in [0.25, 0.3) is 0 Å². The highest BCUT2D eigenvalue weighted by molar-refractivity contribution is 5.94. The average Bonchev–Trinajstić information content (AvgIpc) is 3.65. The van der Waals surface area contributed by atoms with Crippen LogP contribution in [-0.2, 0) is 33.3 Å². The van der Waals surface area contributed by atoms with E-state index in [0.717, 1.165) is 32.4 Å². The van der Waals surface area contributed by atoms with Gasteiger partial charge in [0.2, 0.25) is 5.91 Å². The number of esters is 1. The van der Waals surface area contributed by atoms with Gasteiger partial charge in [-0.25, -0.2) is 4.79 Å². The number of carbonyl (C=O) groups excluding carboxylic acids is 4. The van der Waals surface area contributed by atoms with E-state index in [1.807, 2.05) is 6.92 Å². The van der Waals surface area contributed by atoms with Gasteiger partial charge in [-0.2, -0.15) is 0 Å². The molecule has 10 nitrogen and oxygen atoms in total. The standard InChI is InChI=1S/C30H46N2O8/c1-17-7-10-30-11-8-21(33)23(30)29(17,4)22(13-28(3,26(35)38-6)24(18(30)2)39-16-37-5)40-27(36)31-25(34)20-15-32-12-9-19(20)14-32/h17-20,22-24H,7-16H2,1-6H3,(H,31,34,36)/t17-,18+,19-,20+,22-,23?,24+,28-,29+,30?/m1/s1. The number of methoxy groups -OCH3 is 2. The summed E-state index contributed by atoms with van der Waals surface area (Å²) in [5, 5.41) is 2.51. The number of rotatable bonds is 6. The first kappa shape index (κ1) is 29.5. The lowest BCUT2D eigenvalue weighted by Gasteiger charge is -2.62. The molecule has 3 aliphatic carbocycles. The van der Waals surface area contributed by atoms with Crippen LogP contribution in [0.15, 0.2) is 0 Å². The zero-order valence-electron chi connectivity index (χ0n) is 24.8. The third kappa shape index (κ3) is 4.40. The summed E-state index contributed by atoms with van der Waals surface area (Å²) in [6.45, 7) is 10.5. The van der Waals surface area contributed by atoms with Gasteiger partial charge in [-0.05, 0) is 62.3 Å². The van der Waals surface area contributed by atoms with Crippen molar-refractivity contribution >= 4 is 23.8 Å². The second kappa shape index (κ2) is 10.7. The van der Waals surface area contributed by atoms with Crippen molar-refractivity contribution < 1.29 is 38.1 Å². The normalized spacial score (nSPS) is 45.8. The summed E-state index contributed by atoms with van der Waals surface area (Å²) in [6, 6.07) is 0. The van der Waals surface area contributed by atoms with Gasteiger partial charge >= 0.3 is 12.1 Å². The molecule has 10 heteroatoms. The van der Waals surface area contributed by atoms with Gasteiger partial charge in [0.05, 0.1) is 24.5 Å². The van der Waals surface area contributed by atoms with Crippen molar-refractivity contribution in [2.45, 2.75) is 78.4 Å². The molecule has 3 saturated carbocycles. The van der Waals surface area contributed by atoms with Crippen molar-refractivity contribution in [3.63, 3.8) is 0 Å². The van der Waals surface area contributed by atoms with Gasteiger partial charge < -0.3 is 23.8 Å². The van der Waals surface area contributed by atoms with Crippen LogP contribution in [0.3, 0.4) is 0 Å². The Balaban J connectivity index is 1.52. The number of carbonyl (C=O) groups is 4. The minimum Gasteiger partial charge on any atom is -0.469 e. The molecule has 0 spiro atoms. The molecule has 40 heavy (non-hydrogen) atoms. The van der Waals surface area contributed by atoms with E-state index >= 15 is 0 Å². The van der Waals surface area contributed by atoms with Crippen LogP contribution in [0.2, 0.25) is 0 Å². The Bertz CT molecular complexity index is 1050. The van der Waals surface area contributed by atoms with E-state index in [0.29, 0.717) is 19.4 Å². The number of fused-ring (bicyclic) bond motifs is 2. The summed E-state index contributed by atoms with van der Waals surface area (Å²) < 4.78 is 23.1. The number of ether oxygens (including phenoxy) is 4. The first-order chi connectivity index (χ1) is 18.9. The predicted octanol–water partition coefficient (Wildman–Crippen LogP) is 3.17. The van der Waals surface area contributed by atoms with Crippen LogP contribution in [0, 0.1) is 45.8 Å². The molecule has 0 aromatic rings. The van der Waals surface area contributed by atoms with E-state index < -0.39 is 40.5 Å². The summed E-state index contributed by atoms with van der Waals surface area (Å²) in [5.74, 6) is -1.05. The van der Waals surface area contributed by atoms with Crippen LogP contribution in [0.1, 0.15) is 66.2 Å². The highest BCUT2D eigenvalue weighted by atomic mass is 16.7. The molecule has 2 aliphatic heterocycles. The molecule has 5 aliphatic rings. The summed E-state index contributed by atoms with van der Waals surface area (Å²) in [7, 11) is 2.88. The summed E-state index contributed by atoms with van der Waals surface area (Å²) in [6.07, 6.45) is 1.59. The maximum absolute atomic E-state index is 13.7. The predicted molar refractivity (Wildman–Crippen MR) is 144 cm³/mol.